The molecule has 9 heteroatoms. The molecule has 0 bridgehead atoms. The first kappa shape index (κ1) is 21.8. The van der Waals surface area contributed by atoms with Gasteiger partial charge in [-0.25, -0.2) is 0 Å². The molecule has 0 saturated carbocycles. The van der Waals surface area contributed by atoms with Crippen molar-refractivity contribution in [1.82, 2.24) is 4.90 Å². The Labute approximate surface area is 165 Å². The number of benzene rings is 2. The van der Waals surface area contributed by atoms with Crippen LogP contribution in [0.5, 0.6) is 5.75 Å². The number of nitrogens with zero attached hydrogens (tertiary/aromatic N) is 2. The molecule has 0 radical (unpaired) electrons. The fourth-order valence-corrected chi connectivity index (χ4v) is 2.44. The van der Waals surface area contributed by atoms with Crippen LogP contribution in [-0.2, 0) is 15.8 Å². The third-order valence-corrected chi connectivity index (χ3v) is 3.92. The van der Waals surface area contributed by atoms with Gasteiger partial charge >= 0.3 is 6.18 Å². The molecule has 0 saturated heterocycles. The van der Waals surface area contributed by atoms with Gasteiger partial charge in [0.2, 0.25) is 5.91 Å². The fraction of sp³-hybridized carbons (Fsp3) is 0.250. The molecule has 0 spiro atoms. The number of rotatable bonds is 7. The Bertz CT molecular complexity index is 906. The lowest BCUT2D eigenvalue weighted by Crippen LogP contribution is -2.40. The van der Waals surface area contributed by atoms with Crippen LogP contribution in [0.3, 0.4) is 0 Å². The van der Waals surface area contributed by atoms with E-state index in [0.717, 1.165) is 17.0 Å². The highest BCUT2D eigenvalue weighted by Crippen LogP contribution is 2.34. The monoisotopic (exact) mass is 405 g/mol. The molecule has 0 aliphatic carbocycles. The molecular formula is C20H18F3N3O3. The molecule has 2 amide bonds. The first-order valence-electron chi connectivity index (χ1n) is 8.61. The lowest BCUT2D eigenvalue weighted by molar-refractivity contribution is -0.137. The number of alkyl halides is 3. The normalized spacial score (nSPS) is 10.7. The van der Waals surface area contributed by atoms with E-state index in [2.05, 4.69) is 5.32 Å². The molecule has 2 rings (SSSR count). The maximum Gasteiger partial charge on any atom is 0.418 e. The molecule has 0 unspecified atom stereocenters. The number of hydrogen-bond donors (Lipinski definition) is 1. The highest BCUT2D eigenvalue weighted by atomic mass is 19.4. The van der Waals surface area contributed by atoms with Crippen molar-refractivity contribution in [2.24, 2.45) is 0 Å². The number of para-hydroxylation sites is 1. The van der Waals surface area contributed by atoms with Gasteiger partial charge < -0.3 is 15.0 Å². The Morgan fingerprint density at radius 3 is 2.38 bits per heavy atom. The molecule has 2 aromatic rings. The zero-order valence-corrected chi connectivity index (χ0v) is 15.5. The number of hydrogen-bond acceptors (Lipinski definition) is 4. The molecule has 1 N–H and O–H groups in total. The van der Waals surface area contributed by atoms with Gasteiger partial charge in [0.25, 0.3) is 5.91 Å². The fourth-order valence-electron chi connectivity index (χ4n) is 2.44. The Balaban J connectivity index is 1.95. The summed E-state index contributed by atoms with van der Waals surface area (Å²) in [6, 6.07) is 12.7. The van der Waals surface area contributed by atoms with Crippen molar-refractivity contribution in [1.29, 1.82) is 5.26 Å². The third-order valence-electron chi connectivity index (χ3n) is 3.92. The van der Waals surface area contributed by atoms with Gasteiger partial charge in [0, 0.05) is 6.54 Å². The van der Waals surface area contributed by atoms with E-state index in [4.69, 9.17) is 10.00 Å². The predicted molar refractivity (Wildman–Crippen MR) is 99.0 cm³/mol. The lowest BCUT2D eigenvalue weighted by atomic mass is 10.1. The van der Waals surface area contributed by atoms with Crippen LogP contribution in [0.25, 0.3) is 0 Å². The van der Waals surface area contributed by atoms with Crippen molar-refractivity contribution in [3.63, 3.8) is 0 Å². The number of nitrogens with one attached hydrogen (secondary N) is 1. The second kappa shape index (κ2) is 9.59. The largest absolute Gasteiger partial charge is 0.484 e. The van der Waals surface area contributed by atoms with Crippen LogP contribution in [0.2, 0.25) is 0 Å². The minimum absolute atomic E-state index is 0.171. The SMILES string of the molecule is CCN(CC(=O)Nc1ccccc1C(F)(F)F)C(=O)COc1ccc(C#N)cc1. The Kier molecular flexibility index (Phi) is 7.20. The number of amides is 2. The molecule has 6 nitrogen and oxygen atoms in total. The van der Waals surface area contributed by atoms with E-state index in [0.29, 0.717) is 11.3 Å². The second-order valence-electron chi connectivity index (χ2n) is 5.92. The quantitative estimate of drug-likeness (QED) is 0.765. The van der Waals surface area contributed by atoms with Crippen molar-refractivity contribution in [2.45, 2.75) is 13.1 Å². The zero-order chi connectivity index (χ0) is 21.4. The highest BCUT2D eigenvalue weighted by Gasteiger charge is 2.33. The Hall–Kier alpha value is -3.54. The summed E-state index contributed by atoms with van der Waals surface area (Å²) in [6.07, 6.45) is -4.61. The van der Waals surface area contributed by atoms with Crippen LogP contribution < -0.4 is 10.1 Å². The average molecular weight is 405 g/mol. The van der Waals surface area contributed by atoms with Gasteiger partial charge in [-0.15, -0.1) is 0 Å². The summed E-state index contributed by atoms with van der Waals surface area (Å²) < 4.78 is 44.4. The van der Waals surface area contributed by atoms with E-state index >= 15 is 0 Å². The Morgan fingerprint density at radius 2 is 1.79 bits per heavy atom. The molecule has 0 aromatic heterocycles. The van der Waals surface area contributed by atoms with E-state index in [9.17, 15) is 22.8 Å². The van der Waals surface area contributed by atoms with Crippen molar-refractivity contribution < 1.29 is 27.5 Å². The van der Waals surface area contributed by atoms with Gasteiger partial charge in [0.15, 0.2) is 6.61 Å². The molecule has 0 atom stereocenters. The van der Waals surface area contributed by atoms with Crippen LogP contribution in [0.1, 0.15) is 18.1 Å². The van der Waals surface area contributed by atoms with E-state index in [-0.39, 0.29) is 18.8 Å². The predicted octanol–water partition coefficient (Wildman–Crippen LogP) is 3.44. The van der Waals surface area contributed by atoms with Gasteiger partial charge in [-0.05, 0) is 43.3 Å². The standard InChI is InChI=1S/C20H18F3N3O3/c1-2-26(19(28)13-29-15-9-7-14(11-24)8-10-15)12-18(27)25-17-6-4-3-5-16(17)20(21,22)23/h3-10H,2,12-13H2,1H3,(H,25,27). The molecule has 2 aromatic carbocycles. The maximum absolute atomic E-state index is 13.0. The molecule has 29 heavy (non-hydrogen) atoms. The van der Waals surface area contributed by atoms with Crippen molar-refractivity contribution in [3.05, 3.63) is 59.7 Å². The van der Waals surface area contributed by atoms with Gasteiger partial charge in [0.1, 0.15) is 5.75 Å². The summed E-state index contributed by atoms with van der Waals surface area (Å²) in [4.78, 5) is 25.6. The van der Waals surface area contributed by atoms with Gasteiger partial charge in [0.05, 0.1) is 29.4 Å². The molecule has 0 aliphatic rings. The smallest absolute Gasteiger partial charge is 0.418 e. The van der Waals surface area contributed by atoms with Crippen molar-refractivity contribution >= 4 is 17.5 Å². The summed E-state index contributed by atoms with van der Waals surface area (Å²) in [7, 11) is 0. The van der Waals surface area contributed by atoms with Crippen molar-refractivity contribution in [2.75, 3.05) is 25.0 Å². The van der Waals surface area contributed by atoms with Crippen LogP contribution in [0, 0.1) is 11.3 Å². The number of anilines is 1. The summed E-state index contributed by atoms with van der Waals surface area (Å²) in [5.41, 5.74) is -0.899. The number of carbonyl (C=O) groups is 2. The van der Waals surface area contributed by atoms with Crippen LogP contribution in [-0.4, -0.2) is 36.4 Å². The third kappa shape index (κ3) is 6.24. The van der Waals surface area contributed by atoms with Crippen molar-refractivity contribution in [3.8, 4) is 11.8 Å². The number of ether oxygens (including phenoxy) is 1. The molecule has 0 heterocycles. The van der Waals surface area contributed by atoms with Gasteiger partial charge in [-0.3, -0.25) is 9.59 Å². The lowest BCUT2D eigenvalue weighted by Gasteiger charge is -2.21. The van der Waals surface area contributed by atoms with Gasteiger partial charge in [-0.2, -0.15) is 18.4 Å². The van der Waals surface area contributed by atoms with E-state index in [1.807, 2.05) is 6.07 Å². The first-order chi connectivity index (χ1) is 13.7. The number of halogens is 3. The van der Waals surface area contributed by atoms with Crippen LogP contribution in [0.4, 0.5) is 18.9 Å². The molecule has 0 fully saturated rings. The zero-order valence-electron chi connectivity index (χ0n) is 15.5. The average Bonchev–Trinajstić information content (AvgIpc) is 2.70. The number of likely N-dealkylation sites (N-methyl/N-ethyl adjacent to an activating group) is 1. The molecule has 0 aliphatic heterocycles. The first-order valence-corrected chi connectivity index (χ1v) is 8.61. The summed E-state index contributed by atoms with van der Waals surface area (Å²) in [5, 5.41) is 10.9. The van der Waals surface area contributed by atoms with Crippen LogP contribution in [0.15, 0.2) is 48.5 Å². The topological polar surface area (TPSA) is 82.4 Å². The van der Waals surface area contributed by atoms with E-state index < -0.39 is 30.1 Å². The summed E-state index contributed by atoms with van der Waals surface area (Å²) >= 11 is 0. The number of carbonyl (C=O) groups excluding carboxylic acids is 2. The Morgan fingerprint density at radius 1 is 1.14 bits per heavy atom. The van der Waals surface area contributed by atoms with E-state index in [1.165, 1.54) is 36.4 Å². The summed E-state index contributed by atoms with van der Waals surface area (Å²) in [6.45, 7) is 1.03. The minimum Gasteiger partial charge on any atom is -0.484 e. The van der Waals surface area contributed by atoms with E-state index in [1.54, 1.807) is 6.92 Å². The molecule has 152 valence electrons. The minimum atomic E-state index is -4.61. The second-order valence-corrected chi connectivity index (χ2v) is 5.92. The number of nitriles is 1. The summed E-state index contributed by atoms with van der Waals surface area (Å²) in [5.74, 6) is -0.886. The molecular weight excluding hydrogens is 387 g/mol. The highest BCUT2D eigenvalue weighted by molar-refractivity contribution is 5.95. The van der Waals surface area contributed by atoms with Crippen LogP contribution >= 0.6 is 0 Å². The maximum atomic E-state index is 13.0. The van der Waals surface area contributed by atoms with Gasteiger partial charge in [-0.1, -0.05) is 12.1 Å².